The van der Waals surface area contributed by atoms with Gasteiger partial charge in [-0.1, -0.05) is 30.3 Å². The first-order valence-corrected chi connectivity index (χ1v) is 6.40. The minimum atomic E-state index is -4.75. The first-order valence-electron chi connectivity index (χ1n) is 6.40. The summed E-state index contributed by atoms with van der Waals surface area (Å²) in [7, 11) is 0. The van der Waals surface area contributed by atoms with Crippen molar-refractivity contribution in [2.45, 2.75) is 44.9 Å². The topological polar surface area (TPSA) is 61.5 Å². The smallest absolute Gasteiger partial charge is 0.406 e. The lowest BCUT2D eigenvalue weighted by Crippen LogP contribution is -2.52. The fraction of sp³-hybridized carbons (Fsp3) is 0.500. The van der Waals surface area contributed by atoms with E-state index in [1.807, 2.05) is 0 Å². The Kier molecular flexibility index (Phi) is 6.17. The first-order chi connectivity index (χ1) is 9.71. The maximum absolute atomic E-state index is 12.7. The van der Waals surface area contributed by atoms with Gasteiger partial charge < -0.3 is 15.2 Å². The van der Waals surface area contributed by atoms with Crippen LogP contribution in [0.1, 0.15) is 19.4 Å². The van der Waals surface area contributed by atoms with Gasteiger partial charge in [-0.3, -0.25) is 0 Å². The zero-order valence-corrected chi connectivity index (χ0v) is 11.8. The second-order valence-electron chi connectivity index (χ2n) is 4.77. The number of hydrogen-bond donors (Lipinski definition) is 1. The van der Waals surface area contributed by atoms with Gasteiger partial charge in [-0.25, -0.2) is 4.79 Å². The quantitative estimate of drug-likeness (QED) is 0.820. The summed E-state index contributed by atoms with van der Waals surface area (Å²) in [6.07, 6.45) is -7.20. The van der Waals surface area contributed by atoms with Crippen LogP contribution in [0.4, 0.5) is 13.2 Å². The van der Waals surface area contributed by atoms with Crippen LogP contribution in [0, 0.1) is 0 Å². The van der Waals surface area contributed by atoms with E-state index in [4.69, 9.17) is 15.2 Å². The van der Waals surface area contributed by atoms with Crippen molar-refractivity contribution in [3.8, 4) is 0 Å². The fourth-order valence-corrected chi connectivity index (χ4v) is 1.55. The van der Waals surface area contributed by atoms with Crippen molar-refractivity contribution in [2.24, 2.45) is 5.73 Å². The molecule has 0 aliphatic rings. The molecule has 0 heterocycles. The van der Waals surface area contributed by atoms with E-state index < -0.39 is 30.4 Å². The summed E-state index contributed by atoms with van der Waals surface area (Å²) in [5.41, 5.74) is 5.72. The standard InChI is InChI=1S/C14H18F3NO3/c1-9(2)21-13(19)11(12(18)14(15,16)17)20-8-10-6-4-3-5-7-10/h3-7,9,11-12H,8,18H2,1-2H3/t11-,12-/m0/s1. The lowest BCUT2D eigenvalue weighted by Gasteiger charge is -2.25. The molecule has 4 nitrogen and oxygen atoms in total. The molecule has 1 aromatic rings. The Hall–Kier alpha value is -1.60. The molecular formula is C14H18F3NO3. The van der Waals surface area contributed by atoms with Gasteiger partial charge in [0.05, 0.1) is 12.7 Å². The Morgan fingerprint density at radius 2 is 1.81 bits per heavy atom. The molecule has 2 atom stereocenters. The van der Waals surface area contributed by atoms with Gasteiger partial charge in [-0.15, -0.1) is 0 Å². The molecule has 0 saturated carbocycles. The molecule has 0 aliphatic heterocycles. The van der Waals surface area contributed by atoms with E-state index in [0.29, 0.717) is 5.56 Å². The molecule has 1 aromatic carbocycles. The summed E-state index contributed by atoms with van der Waals surface area (Å²) < 4.78 is 48.0. The first kappa shape index (κ1) is 17.5. The van der Waals surface area contributed by atoms with Crippen molar-refractivity contribution in [3.63, 3.8) is 0 Å². The van der Waals surface area contributed by atoms with Gasteiger partial charge in [-0.05, 0) is 19.4 Å². The van der Waals surface area contributed by atoms with Crippen LogP contribution in [0.3, 0.4) is 0 Å². The van der Waals surface area contributed by atoms with Crippen LogP contribution in [-0.4, -0.2) is 30.4 Å². The van der Waals surface area contributed by atoms with Gasteiger partial charge in [0.15, 0.2) is 6.10 Å². The lowest BCUT2D eigenvalue weighted by atomic mass is 10.1. The summed E-state index contributed by atoms with van der Waals surface area (Å²) in [5, 5.41) is 0. The number of carbonyl (C=O) groups is 1. The van der Waals surface area contributed by atoms with Gasteiger partial charge >= 0.3 is 12.1 Å². The molecule has 0 amide bonds. The normalized spacial score (nSPS) is 14.8. The minimum Gasteiger partial charge on any atom is -0.461 e. The molecule has 0 bridgehead atoms. The van der Waals surface area contributed by atoms with Gasteiger partial charge in [0, 0.05) is 0 Å². The average molecular weight is 305 g/mol. The molecule has 0 fully saturated rings. The van der Waals surface area contributed by atoms with Gasteiger partial charge in [0.2, 0.25) is 0 Å². The van der Waals surface area contributed by atoms with Crippen LogP contribution < -0.4 is 5.73 Å². The van der Waals surface area contributed by atoms with Crippen LogP contribution in [-0.2, 0) is 20.9 Å². The van der Waals surface area contributed by atoms with E-state index >= 15 is 0 Å². The number of nitrogens with two attached hydrogens (primary N) is 1. The molecule has 7 heteroatoms. The van der Waals surface area contributed by atoms with Crippen molar-refractivity contribution >= 4 is 5.97 Å². The zero-order chi connectivity index (χ0) is 16.0. The molecule has 0 radical (unpaired) electrons. The van der Waals surface area contributed by atoms with E-state index in [9.17, 15) is 18.0 Å². The largest absolute Gasteiger partial charge is 0.461 e. The molecule has 2 N–H and O–H groups in total. The monoisotopic (exact) mass is 305 g/mol. The molecule has 0 spiro atoms. The van der Waals surface area contributed by atoms with Crippen LogP contribution in [0.5, 0.6) is 0 Å². The maximum atomic E-state index is 12.7. The van der Waals surface area contributed by atoms with E-state index in [0.717, 1.165) is 0 Å². The number of rotatable bonds is 6. The third-order valence-electron chi connectivity index (χ3n) is 2.56. The Labute approximate surface area is 121 Å². The second-order valence-corrected chi connectivity index (χ2v) is 4.77. The number of benzene rings is 1. The Balaban J connectivity index is 2.79. The van der Waals surface area contributed by atoms with Crippen molar-refractivity contribution in [1.82, 2.24) is 0 Å². The lowest BCUT2D eigenvalue weighted by molar-refractivity contribution is -0.196. The summed E-state index contributed by atoms with van der Waals surface area (Å²) in [4.78, 5) is 11.7. The van der Waals surface area contributed by atoms with E-state index in [1.54, 1.807) is 30.3 Å². The zero-order valence-electron chi connectivity index (χ0n) is 11.8. The highest BCUT2D eigenvalue weighted by molar-refractivity contribution is 5.76. The molecule has 0 aliphatic carbocycles. The predicted molar refractivity (Wildman–Crippen MR) is 70.3 cm³/mol. The summed E-state index contributed by atoms with van der Waals surface area (Å²) in [5.74, 6) is -1.12. The number of alkyl halides is 3. The van der Waals surface area contributed by atoms with E-state index in [2.05, 4.69) is 0 Å². The number of esters is 1. The number of hydrogen-bond acceptors (Lipinski definition) is 4. The highest BCUT2D eigenvalue weighted by Gasteiger charge is 2.46. The summed E-state index contributed by atoms with van der Waals surface area (Å²) in [6.45, 7) is 2.90. The number of halogens is 3. The SMILES string of the molecule is CC(C)OC(=O)[C@@H](OCc1ccccc1)[C@H](N)C(F)(F)F. The summed E-state index contributed by atoms with van der Waals surface area (Å²) in [6, 6.07) is 6.09. The third kappa shape index (κ3) is 5.73. The van der Waals surface area contributed by atoms with Crippen molar-refractivity contribution in [2.75, 3.05) is 0 Å². The fourth-order valence-electron chi connectivity index (χ4n) is 1.55. The number of carbonyl (C=O) groups excluding carboxylic acids is 1. The van der Waals surface area contributed by atoms with E-state index in [1.165, 1.54) is 13.8 Å². The van der Waals surface area contributed by atoms with E-state index in [-0.39, 0.29) is 6.61 Å². The highest BCUT2D eigenvalue weighted by Crippen LogP contribution is 2.24. The van der Waals surface area contributed by atoms with Crippen LogP contribution in [0.15, 0.2) is 30.3 Å². The van der Waals surface area contributed by atoms with Crippen LogP contribution in [0.2, 0.25) is 0 Å². The maximum Gasteiger partial charge on any atom is 0.406 e. The Bertz CT molecular complexity index is 449. The third-order valence-corrected chi connectivity index (χ3v) is 2.56. The van der Waals surface area contributed by atoms with Crippen molar-refractivity contribution in [1.29, 1.82) is 0 Å². The molecule has 21 heavy (non-hydrogen) atoms. The van der Waals surface area contributed by atoms with Gasteiger partial charge in [-0.2, -0.15) is 13.2 Å². The molecule has 0 unspecified atom stereocenters. The molecular weight excluding hydrogens is 287 g/mol. The number of ether oxygens (including phenoxy) is 2. The van der Waals surface area contributed by atoms with Gasteiger partial charge in [0.25, 0.3) is 0 Å². The predicted octanol–water partition coefficient (Wildman–Crippen LogP) is 2.41. The summed E-state index contributed by atoms with van der Waals surface area (Å²) >= 11 is 0. The van der Waals surface area contributed by atoms with Crippen LogP contribution >= 0.6 is 0 Å². The molecule has 0 saturated heterocycles. The Morgan fingerprint density at radius 3 is 2.29 bits per heavy atom. The average Bonchev–Trinajstić information content (AvgIpc) is 2.38. The van der Waals surface area contributed by atoms with Crippen molar-refractivity contribution < 1.29 is 27.4 Å². The van der Waals surface area contributed by atoms with Crippen LogP contribution in [0.25, 0.3) is 0 Å². The molecule has 118 valence electrons. The van der Waals surface area contributed by atoms with Crippen molar-refractivity contribution in [3.05, 3.63) is 35.9 Å². The molecule has 0 aromatic heterocycles. The van der Waals surface area contributed by atoms with Gasteiger partial charge in [0.1, 0.15) is 6.04 Å². The highest BCUT2D eigenvalue weighted by atomic mass is 19.4. The Morgan fingerprint density at radius 1 is 1.24 bits per heavy atom. The second kappa shape index (κ2) is 7.42. The molecule has 1 rings (SSSR count). The minimum absolute atomic E-state index is 0.164.